The normalized spacial score (nSPS) is 17.1. The van der Waals surface area contributed by atoms with Crippen LogP contribution in [0.5, 0.6) is 11.5 Å². The van der Waals surface area contributed by atoms with E-state index in [1.165, 1.54) is 40.5 Å². The number of nitrogens with two attached hydrogens (primary N) is 1. The topological polar surface area (TPSA) is 291 Å². The summed E-state index contributed by atoms with van der Waals surface area (Å²) < 4.78 is 31.4. The van der Waals surface area contributed by atoms with Crippen LogP contribution >= 0.6 is 34.9 Å². The Morgan fingerprint density at radius 1 is 1.17 bits per heavy atom. The summed E-state index contributed by atoms with van der Waals surface area (Å²) in [6.07, 6.45) is 0. The van der Waals surface area contributed by atoms with Crippen molar-refractivity contribution in [2.24, 2.45) is 5.16 Å². The first-order valence-corrected chi connectivity index (χ1v) is 19.1. The first kappa shape index (κ1) is 39.7. The number of methoxy groups -OCH3 is 1. The number of anilines is 1. The number of oxime groups is 1. The third-order valence-electron chi connectivity index (χ3n) is 7.36. The number of carboxylic acid groups (broad SMARTS) is 1. The zero-order chi connectivity index (χ0) is 37.5. The van der Waals surface area contributed by atoms with Gasteiger partial charge in [0, 0.05) is 58.2 Å². The summed E-state index contributed by atoms with van der Waals surface area (Å²) in [6.45, 7) is 1.71. The molecule has 2 aliphatic rings. The average Bonchev–Trinajstić information content (AvgIpc) is 3.74. The quantitative estimate of drug-likeness (QED) is 0.0183. The van der Waals surface area contributed by atoms with E-state index >= 15 is 0 Å². The molecule has 20 nitrogen and oxygen atoms in total. The molecular weight excluding hydrogens is 790 g/mol. The monoisotopic (exact) mass is 814 g/mol. The fourth-order valence-corrected chi connectivity index (χ4v) is 8.90. The Kier molecular flexibility index (Phi) is 11.9. The second-order valence-electron chi connectivity index (χ2n) is 10.8. The van der Waals surface area contributed by atoms with Crippen molar-refractivity contribution in [3.05, 3.63) is 58.1 Å². The van der Waals surface area contributed by atoms with Gasteiger partial charge in [-0.1, -0.05) is 5.16 Å². The Morgan fingerprint density at radius 2 is 1.92 bits per heavy atom. The maximum absolute atomic E-state index is 13.5. The summed E-state index contributed by atoms with van der Waals surface area (Å²) in [4.78, 5) is 69.3. The van der Waals surface area contributed by atoms with Gasteiger partial charge in [0.2, 0.25) is 15.8 Å². The van der Waals surface area contributed by atoms with Gasteiger partial charge in [-0.25, -0.2) is 28.0 Å². The number of hydrogen-bond donors (Lipinski definition) is 5. The number of nitrogens with one attached hydrogen (secondary N) is 1. The predicted molar refractivity (Wildman–Crippen MR) is 189 cm³/mol. The van der Waals surface area contributed by atoms with E-state index in [1.54, 1.807) is 13.0 Å². The van der Waals surface area contributed by atoms with Crippen LogP contribution in [0, 0.1) is 6.92 Å². The summed E-state index contributed by atoms with van der Waals surface area (Å²) in [5, 5.41) is 40.7. The number of esters is 1. The number of nitrogen functional groups attached to an aromatic ring is 1. The molecule has 1 aromatic carbocycles. The molecule has 25 heteroatoms. The predicted octanol–water partition coefficient (Wildman–Crippen LogP) is -0.0286. The molecular formula is C28H25N9NaO11S4. The van der Waals surface area contributed by atoms with Crippen LogP contribution in [0.3, 0.4) is 0 Å². The van der Waals surface area contributed by atoms with E-state index in [0.717, 1.165) is 34.4 Å². The number of thiazole rings is 1. The summed E-state index contributed by atoms with van der Waals surface area (Å²) >= 11 is 3.35. The Morgan fingerprint density at radius 3 is 2.58 bits per heavy atom. The third-order valence-corrected chi connectivity index (χ3v) is 11.8. The van der Waals surface area contributed by atoms with E-state index in [4.69, 9.17) is 10.6 Å². The van der Waals surface area contributed by atoms with Crippen LogP contribution in [0.2, 0.25) is 0 Å². The van der Waals surface area contributed by atoms with Crippen molar-refractivity contribution in [3.63, 3.8) is 0 Å². The fraction of sp³-hybridized carbons (Fsp3) is 0.250. The van der Waals surface area contributed by atoms with Gasteiger partial charge in [-0.2, -0.15) is 9.50 Å². The number of amides is 2. The zero-order valence-electron chi connectivity index (χ0n) is 27.6. The number of carboxylic acids is 1. The van der Waals surface area contributed by atoms with E-state index in [1.807, 2.05) is 0 Å². The number of benzene rings is 1. The number of carbonyl (C=O) groups is 4. The molecule has 5 heterocycles. The SMILES string of the molecule is COC(=O)c1nc2nc(C)cc(SCC3=C(C(=O)O)N4C(=O)[C@@H](NC(=O)C(=NOCS(=O)(=O)c5ccc(O)c(O)c5)c5csc(N)n5)[C@H]4SC3)n2n1.[Na]. The number of hydrogen-bond acceptors (Lipinski definition) is 19. The number of rotatable bonds is 12. The zero-order valence-corrected chi connectivity index (χ0v) is 32.9. The number of ether oxygens (including phenoxy) is 1. The van der Waals surface area contributed by atoms with Gasteiger partial charge in [-0.15, -0.1) is 40.0 Å². The molecule has 0 saturated carbocycles. The van der Waals surface area contributed by atoms with Crippen LogP contribution in [0.15, 0.2) is 56.0 Å². The van der Waals surface area contributed by atoms with Gasteiger partial charge in [-0.05, 0) is 30.7 Å². The van der Waals surface area contributed by atoms with Crippen molar-refractivity contribution in [2.75, 3.05) is 30.3 Å². The molecule has 1 radical (unpaired) electrons. The maximum atomic E-state index is 13.5. The maximum Gasteiger partial charge on any atom is 0.378 e. The molecule has 2 aliphatic heterocycles. The van der Waals surface area contributed by atoms with Gasteiger partial charge in [0.05, 0.1) is 12.0 Å². The van der Waals surface area contributed by atoms with Crippen LogP contribution in [0.4, 0.5) is 5.13 Å². The number of carbonyl (C=O) groups excluding carboxylic acids is 3. The van der Waals surface area contributed by atoms with Crippen LogP contribution < -0.4 is 11.1 Å². The van der Waals surface area contributed by atoms with Crippen molar-refractivity contribution < 1.29 is 52.5 Å². The summed E-state index contributed by atoms with van der Waals surface area (Å²) in [5.41, 5.74) is 5.84. The van der Waals surface area contributed by atoms with Gasteiger partial charge < -0.3 is 35.9 Å². The number of aromatic nitrogens is 5. The molecule has 6 rings (SSSR count). The van der Waals surface area contributed by atoms with Gasteiger partial charge >= 0.3 is 11.9 Å². The number of phenols is 2. The molecule has 0 unspecified atom stereocenters. The molecule has 3 aromatic heterocycles. The fourth-order valence-electron chi connectivity index (χ4n) is 4.93. The summed E-state index contributed by atoms with van der Waals surface area (Å²) in [6, 6.07) is 3.30. The number of aliphatic carboxylic acids is 1. The second kappa shape index (κ2) is 15.9. The number of nitrogens with zero attached hydrogens (tertiary/aromatic N) is 7. The third kappa shape index (κ3) is 8.07. The van der Waals surface area contributed by atoms with Crippen molar-refractivity contribution >= 4 is 115 Å². The first-order chi connectivity index (χ1) is 24.7. The number of thioether (sulfide) groups is 2. The molecule has 273 valence electrons. The molecule has 1 fully saturated rings. The number of β-lactam (4-membered cyclic amide) rings is 1. The minimum absolute atomic E-state index is 0. The van der Waals surface area contributed by atoms with E-state index in [-0.39, 0.29) is 69.2 Å². The van der Waals surface area contributed by atoms with Crippen LogP contribution in [0.1, 0.15) is 22.0 Å². The van der Waals surface area contributed by atoms with Crippen molar-refractivity contribution in [2.45, 2.75) is 28.3 Å². The summed E-state index contributed by atoms with van der Waals surface area (Å²) in [7, 11) is -3.04. The minimum Gasteiger partial charge on any atom is -0.504 e. The van der Waals surface area contributed by atoms with E-state index in [2.05, 4.69) is 35.3 Å². The number of aryl methyl sites for hydroxylation is 1. The molecule has 4 aromatic rings. The molecule has 0 bridgehead atoms. The first-order valence-electron chi connectivity index (χ1n) is 14.5. The molecule has 53 heavy (non-hydrogen) atoms. The molecule has 0 aliphatic carbocycles. The number of phenolic OH excluding ortho intramolecular Hbond substituents is 2. The standard InChI is InChI=1S/C28H25N9O11S4.Na/c1-11-5-17(37-28(30-11)33-21(34-37)26(44)47-2)49-7-12-8-50-24-19(23(41)36(24)20(12)25(42)43)32-22(40)18(14-9-51-27(29)31-14)35-48-10-52(45,46)13-3-4-15(38)16(39)6-13;/h3-6,9,19,24,38-39H,7-8,10H2,1-2H3,(H2,29,31)(H,32,40)(H,42,43);/t19-,24-;/m1./s1. The molecule has 6 N–H and O–H groups in total. The van der Waals surface area contributed by atoms with E-state index < -0.39 is 73.1 Å². The largest absolute Gasteiger partial charge is 0.504 e. The smallest absolute Gasteiger partial charge is 0.378 e. The van der Waals surface area contributed by atoms with Crippen LogP contribution in [-0.4, -0.2) is 148 Å². The van der Waals surface area contributed by atoms with Gasteiger partial charge in [0.25, 0.3) is 23.4 Å². The molecule has 0 spiro atoms. The Labute approximate surface area is 333 Å². The van der Waals surface area contributed by atoms with Gasteiger partial charge in [-0.3, -0.25) is 14.5 Å². The van der Waals surface area contributed by atoms with E-state index in [9.17, 15) is 42.9 Å². The number of fused-ring (bicyclic) bond motifs is 2. The van der Waals surface area contributed by atoms with Crippen molar-refractivity contribution in [1.29, 1.82) is 0 Å². The average molecular weight is 815 g/mol. The molecule has 1 saturated heterocycles. The minimum atomic E-state index is -4.23. The number of sulfone groups is 1. The Bertz CT molecular complexity index is 2330. The van der Waals surface area contributed by atoms with Crippen molar-refractivity contribution in [1.82, 2.24) is 34.8 Å². The van der Waals surface area contributed by atoms with Gasteiger partial charge in [0.1, 0.15) is 27.8 Å². The second-order valence-corrected chi connectivity index (χ2v) is 15.7. The van der Waals surface area contributed by atoms with Crippen LogP contribution in [-0.2, 0) is 33.8 Å². The van der Waals surface area contributed by atoms with Crippen LogP contribution in [0.25, 0.3) is 5.78 Å². The van der Waals surface area contributed by atoms with Crippen molar-refractivity contribution in [3.8, 4) is 11.5 Å². The molecule has 2 amide bonds. The van der Waals surface area contributed by atoms with E-state index in [0.29, 0.717) is 16.3 Å². The summed E-state index contributed by atoms with van der Waals surface area (Å²) in [5.74, 6) is -5.91. The Balaban J connectivity index is 0.00000541. The van der Waals surface area contributed by atoms with Gasteiger partial charge in [0.15, 0.2) is 22.3 Å². The molecule has 2 atom stereocenters. The number of aromatic hydroxyl groups is 2. The Hall–Kier alpha value is -4.46.